The fourth-order valence-corrected chi connectivity index (χ4v) is 1.96. The molecule has 0 aliphatic carbocycles. The van der Waals surface area contributed by atoms with E-state index >= 15 is 0 Å². The maximum Gasteiger partial charge on any atom is 0.311 e. The number of rotatable bonds is 4. The van der Waals surface area contributed by atoms with Crippen LogP contribution >= 0.6 is 11.6 Å². The van der Waals surface area contributed by atoms with Crippen LogP contribution in [0.3, 0.4) is 0 Å². The van der Waals surface area contributed by atoms with Crippen molar-refractivity contribution in [2.75, 3.05) is 0 Å². The number of nitro benzene ring substituents is 1. The van der Waals surface area contributed by atoms with Crippen molar-refractivity contribution < 1.29 is 14.8 Å². The summed E-state index contributed by atoms with van der Waals surface area (Å²) in [6.07, 6.45) is 0. The minimum atomic E-state index is -0.696. The number of nitrogens with zero attached hydrogens (tertiary/aromatic N) is 2. The SMILES string of the molecule is C/C(=N\NC(=O)c1ccc(Cl)cc1)c1cccc([N+](=O)[O-])c1O. The van der Waals surface area contributed by atoms with Crippen LogP contribution in [0.5, 0.6) is 5.75 Å². The van der Waals surface area contributed by atoms with Gasteiger partial charge >= 0.3 is 5.69 Å². The van der Waals surface area contributed by atoms with E-state index in [9.17, 15) is 20.0 Å². The molecule has 2 aromatic carbocycles. The normalized spacial score (nSPS) is 11.1. The number of hydrogen-bond acceptors (Lipinski definition) is 5. The summed E-state index contributed by atoms with van der Waals surface area (Å²) in [5, 5.41) is 25.1. The molecule has 0 spiro atoms. The lowest BCUT2D eigenvalue weighted by Crippen LogP contribution is -2.19. The molecule has 118 valence electrons. The Hall–Kier alpha value is -2.93. The van der Waals surface area contributed by atoms with E-state index in [4.69, 9.17) is 11.6 Å². The topological polar surface area (TPSA) is 105 Å². The predicted octanol–water partition coefficient (Wildman–Crippen LogP) is 3.11. The molecule has 2 aromatic rings. The van der Waals surface area contributed by atoms with E-state index in [0.29, 0.717) is 10.6 Å². The molecule has 7 nitrogen and oxygen atoms in total. The van der Waals surface area contributed by atoms with Gasteiger partial charge in [-0.1, -0.05) is 17.7 Å². The first-order valence-corrected chi connectivity index (χ1v) is 6.85. The van der Waals surface area contributed by atoms with Crippen molar-refractivity contribution in [2.45, 2.75) is 6.92 Å². The van der Waals surface area contributed by atoms with E-state index in [1.54, 1.807) is 12.1 Å². The van der Waals surface area contributed by atoms with Crippen molar-refractivity contribution in [1.82, 2.24) is 5.43 Å². The van der Waals surface area contributed by atoms with Crippen molar-refractivity contribution in [3.05, 3.63) is 68.7 Å². The summed E-state index contributed by atoms with van der Waals surface area (Å²) in [6.45, 7) is 1.51. The van der Waals surface area contributed by atoms with Crippen LogP contribution < -0.4 is 5.43 Å². The van der Waals surface area contributed by atoms with Crippen LogP contribution in [0.15, 0.2) is 47.6 Å². The molecule has 0 aliphatic rings. The molecule has 0 radical (unpaired) electrons. The van der Waals surface area contributed by atoms with E-state index in [1.165, 1.54) is 37.3 Å². The molecule has 23 heavy (non-hydrogen) atoms. The number of halogens is 1. The third-order valence-electron chi connectivity index (χ3n) is 3.03. The van der Waals surface area contributed by atoms with Crippen molar-refractivity contribution in [3.8, 4) is 5.75 Å². The Bertz CT molecular complexity index is 788. The van der Waals surface area contributed by atoms with Crippen LogP contribution in [0.4, 0.5) is 5.69 Å². The van der Waals surface area contributed by atoms with Crippen molar-refractivity contribution in [2.24, 2.45) is 5.10 Å². The summed E-state index contributed by atoms with van der Waals surface area (Å²) >= 11 is 5.74. The minimum Gasteiger partial charge on any atom is -0.502 e. The largest absolute Gasteiger partial charge is 0.502 e. The van der Waals surface area contributed by atoms with Gasteiger partial charge in [0.1, 0.15) is 0 Å². The molecule has 0 aromatic heterocycles. The van der Waals surface area contributed by atoms with Gasteiger partial charge in [0.2, 0.25) is 5.75 Å². The highest BCUT2D eigenvalue weighted by molar-refractivity contribution is 6.30. The van der Waals surface area contributed by atoms with E-state index < -0.39 is 22.3 Å². The lowest BCUT2D eigenvalue weighted by atomic mass is 10.1. The van der Waals surface area contributed by atoms with Gasteiger partial charge in [-0.15, -0.1) is 0 Å². The van der Waals surface area contributed by atoms with Gasteiger partial charge in [-0.25, -0.2) is 5.43 Å². The van der Waals surface area contributed by atoms with Crippen molar-refractivity contribution >= 4 is 28.9 Å². The first-order valence-electron chi connectivity index (χ1n) is 6.47. The number of carbonyl (C=O) groups excluding carboxylic acids is 1. The number of benzene rings is 2. The number of amides is 1. The monoisotopic (exact) mass is 333 g/mol. The fourth-order valence-electron chi connectivity index (χ4n) is 1.83. The molecule has 0 bridgehead atoms. The van der Waals surface area contributed by atoms with Gasteiger partial charge in [0, 0.05) is 22.2 Å². The zero-order valence-electron chi connectivity index (χ0n) is 12.0. The quantitative estimate of drug-likeness (QED) is 0.509. The molecule has 0 fully saturated rings. The third-order valence-corrected chi connectivity index (χ3v) is 3.28. The molecule has 0 heterocycles. The average molecular weight is 334 g/mol. The molecule has 1 amide bonds. The van der Waals surface area contributed by atoms with Crippen LogP contribution in [0, 0.1) is 10.1 Å². The molecule has 0 unspecified atom stereocenters. The molecule has 0 saturated carbocycles. The Labute approximate surface area is 136 Å². The van der Waals surface area contributed by atoms with Crippen LogP contribution in [-0.2, 0) is 0 Å². The van der Waals surface area contributed by atoms with Gasteiger partial charge in [0.15, 0.2) is 0 Å². The molecule has 2 rings (SSSR count). The first-order chi connectivity index (χ1) is 10.9. The molecule has 2 N–H and O–H groups in total. The van der Waals surface area contributed by atoms with Gasteiger partial charge in [-0.2, -0.15) is 5.10 Å². The second kappa shape index (κ2) is 6.89. The maximum atomic E-state index is 11.9. The molecular weight excluding hydrogens is 322 g/mol. The number of carbonyl (C=O) groups is 1. The second-order valence-electron chi connectivity index (χ2n) is 4.58. The first kappa shape index (κ1) is 16.4. The van der Waals surface area contributed by atoms with Gasteiger partial charge in [-0.3, -0.25) is 14.9 Å². The number of nitrogens with one attached hydrogen (secondary N) is 1. The Kier molecular flexibility index (Phi) is 4.92. The summed E-state index contributed by atoms with van der Waals surface area (Å²) in [5.41, 5.74) is 2.64. The lowest BCUT2D eigenvalue weighted by molar-refractivity contribution is -0.385. The summed E-state index contributed by atoms with van der Waals surface area (Å²) in [7, 11) is 0. The molecular formula is C15H12ClN3O4. The Morgan fingerprint density at radius 1 is 1.26 bits per heavy atom. The van der Waals surface area contributed by atoms with Gasteiger partial charge < -0.3 is 5.11 Å². The fraction of sp³-hybridized carbons (Fsp3) is 0.0667. The van der Waals surface area contributed by atoms with Gasteiger partial charge in [-0.05, 0) is 37.3 Å². The summed E-state index contributed by atoms with van der Waals surface area (Å²) in [6, 6.07) is 10.3. The molecule has 8 heteroatoms. The summed E-state index contributed by atoms with van der Waals surface area (Å²) in [5.74, 6) is -0.967. The van der Waals surface area contributed by atoms with Crippen LogP contribution in [0.1, 0.15) is 22.8 Å². The van der Waals surface area contributed by atoms with Crippen LogP contribution in [0.25, 0.3) is 0 Å². The predicted molar refractivity (Wildman–Crippen MR) is 85.9 cm³/mol. The summed E-state index contributed by atoms with van der Waals surface area (Å²) in [4.78, 5) is 22.0. The van der Waals surface area contributed by atoms with Crippen LogP contribution in [-0.4, -0.2) is 21.6 Å². The smallest absolute Gasteiger partial charge is 0.311 e. The molecule has 0 atom stereocenters. The highest BCUT2D eigenvalue weighted by Gasteiger charge is 2.18. The highest BCUT2D eigenvalue weighted by atomic mass is 35.5. The standard InChI is InChI=1S/C15H12ClN3O4/c1-9(12-3-2-4-13(14(12)20)19(22)23)17-18-15(21)10-5-7-11(16)8-6-10/h2-8,20H,1H3,(H,18,21)/b17-9+. The maximum absolute atomic E-state index is 11.9. The Balaban J connectivity index is 2.20. The van der Waals surface area contributed by atoms with Crippen molar-refractivity contribution in [1.29, 1.82) is 0 Å². The lowest BCUT2D eigenvalue weighted by Gasteiger charge is -2.05. The highest BCUT2D eigenvalue weighted by Crippen LogP contribution is 2.29. The van der Waals surface area contributed by atoms with E-state index in [0.717, 1.165) is 0 Å². The minimum absolute atomic E-state index is 0.163. The second-order valence-corrected chi connectivity index (χ2v) is 5.01. The van der Waals surface area contributed by atoms with Gasteiger partial charge in [0.05, 0.1) is 10.6 Å². The number of phenols is 1. The van der Waals surface area contributed by atoms with E-state index in [2.05, 4.69) is 10.5 Å². The zero-order chi connectivity index (χ0) is 17.0. The number of para-hydroxylation sites is 1. The summed E-state index contributed by atoms with van der Waals surface area (Å²) < 4.78 is 0. The van der Waals surface area contributed by atoms with Crippen LogP contribution in [0.2, 0.25) is 5.02 Å². The van der Waals surface area contributed by atoms with Gasteiger partial charge in [0.25, 0.3) is 5.91 Å². The molecule has 0 saturated heterocycles. The number of aromatic hydroxyl groups is 1. The van der Waals surface area contributed by atoms with E-state index in [-0.39, 0.29) is 11.3 Å². The third kappa shape index (κ3) is 3.83. The zero-order valence-corrected chi connectivity index (χ0v) is 12.7. The average Bonchev–Trinajstić information content (AvgIpc) is 2.53. The number of nitro groups is 1. The molecule has 0 aliphatic heterocycles. The number of phenolic OH excluding ortho intramolecular Hbond substituents is 1. The Morgan fingerprint density at radius 3 is 2.52 bits per heavy atom. The van der Waals surface area contributed by atoms with Crippen molar-refractivity contribution in [3.63, 3.8) is 0 Å². The Morgan fingerprint density at radius 2 is 1.91 bits per heavy atom. The van der Waals surface area contributed by atoms with E-state index in [1.807, 2.05) is 0 Å². The number of hydrazone groups is 1. The number of hydrogen-bond donors (Lipinski definition) is 2.